The highest BCUT2D eigenvalue weighted by atomic mass is 35.5. The van der Waals surface area contributed by atoms with E-state index in [-0.39, 0.29) is 23.4 Å². The molecule has 8 heteroatoms. The summed E-state index contributed by atoms with van der Waals surface area (Å²) < 4.78 is 33.1. The van der Waals surface area contributed by atoms with Crippen molar-refractivity contribution in [3.05, 3.63) is 88.3 Å². The van der Waals surface area contributed by atoms with Crippen LogP contribution in [0.3, 0.4) is 0 Å². The van der Waals surface area contributed by atoms with Gasteiger partial charge in [-0.2, -0.15) is 0 Å². The van der Waals surface area contributed by atoms with E-state index in [1.165, 1.54) is 18.4 Å². The minimum atomic E-state index is -3.80. The largest absolute Gasteiger partial charge is 0.468 e. The maximum absolute atomic E-state index is 13.1. The highest BCUT2D eigenvalue weighted by Crippen LogP contribution is 2.41. The molecule has 4 rings (SSSR count). The van der Waals surface area contributed by atoms with Gasteiger partial charge < -0.3 is 9.73 Å². The first-order chi connectivity index (χ1) is 14.8. The first-order valence-corrected chi connectivity index (χ1v) is 11.9. The molecule has 1 atom stereocenters. The molecule has 1 saturated carbocycles. The van der Waals surface area contributed by atoms with Crippen LogP contribution in [-0.4, -0.2) is 14.3 Å². The third-order valence-electron chi connectivity index (χ3n) is 5.39. The van der Waals surface area contributed by atoms with E-state index in [0.717, 1.165) is 18.4 Å². The predicted octanol–water partition coefficient (Wildman–Crippen LogP) is 4.60. The summed E-state index contributed by atoms with van der Waals surface area (Å²) in [6.07, 6.45) is 3.56. The molecular weight excluding hydrogens is 436 g/mol. The Morgan fingerprint density at radius 2 is 1.90 bits per heavy atom. The summed E-state index contributed by atoms with van der Waals surface area (Å²) in [7, 11) is -3.80. The van der Waals surface area contributed by atoms with Gasteiger partial charge >= 0.3 is 0 Å². The fourth-order valence-electron chi connectivity index (χ4n) is 3.47. The summed E-state index contributed by atoms with van der Waals surface area (Å²) in [5.41, 5.74) is 2.02. The molecule has 31 heavy (non-hydrogen) atoms. The molecule has 1 aliphatic rings. The Morgan fingerprint density at radius 1 is 1.16 bits per heavy atom. The summed E-state index contributed by atoms with van der Waals surface area (Å²) in [4.78, 5) is 13.1. The quantitative estimate of drug-likeness (QED) is 0.516. The van der Waals surface area contributed by atoms with Crippen LogP contribution in [0.5, 0.6) is 0 Å². The molecule has 1 unspecified atom stereocenters. The fraction of sp³-hybridized carbons (Fsp3) is 0.261. The average Bonchev–Trinajstić information content (AvgIpc) is 3.45. The Hall–Kier alpha value is -2.61. The maximum Gasteiger partial charge on any atom is 0.252 e. The van der Waals surface area contributed by atoms with Crippen molar-refractivity contribution in [2.75, 3.05) is 0 Å². The SMILES string of the molecule is Cc1ccc(S(=O)(=O)NCc2ccco2)cc1C(=O)NC(c1ccc(Cl)cc1)C1CC1. The van der Waals surface area contributed by atoms with Gasteiger partial charge in [-0.25, -0.2) is 13.1 Å². The molecule has 0 bridgehead atoms. The second kappa shape index (κ2) is 8.86. The molecule has 0 aliphatic heterocycles. The van der Waals surface area contributed by atoms with E-state index in [1.807, 2.05) is 24.3 Å². The minimum absolute atomic E-state index is 0.0317. The Bertz CT molecular complexity index is 1170. The highest BCUT2D eigenvalue weighted by Gasteiger charge is 2.34. The van der Waals surface area contributed by atoms with Gasteiger partial charge in [-0.3, -0.25) is 4.79 Å². The molecule has 0 saturated heterocycles. The molecule has 2 N–H and O–H groups in total. The van der Waals surface area contributed by atoms with Crippen LogP contribution in [0.4, 0.5) is 0 Å². The second-order valence-electron chi connectivity index (χ2n) is 7.72. The number of sulfonamides is 1. The van der Waals surface area contributed by atoms with Gasteiger partial charge in [-0.15, -0.1) is 0 Å². The van der Waals surface area contributed by atoms with E-state index in [9.17, 15) is 13.2 Å². The summed E-state index contributed by atoms with van der Waals surface area (Å²) >= 11 is 6.00. The molecule has 1 aromatic heterocycles. The minimum Gasteiger partial charge on any atom is -0.468 e. The summed E-state index contributed by atoms with van der Waals surface area (Å²) in [6.45, 7) is 1.82. The van der Waals surface area contributed by atoms with Crippen molar-refractivity contribution in [2.24, 2.45) is 5.92 Å². The standard InChI is InChI=1S/C23H23ClN2O4S/c1-15-4-11-20(31(28,29)25-14-19-3-2-12-30-19)13-21(15)23(27)26-22(16-5-6-16)17-7-9-18(24)10-8-17/h2-4,7-13,16,22,25H,5-6,14H2,1H3,(H,26,27). The molecule has 3 aromatic rings. The van der Waals surface area contributed by atoms with E-state index < -0.39 is 10.0 Å². The lowest BCUT2D eigenvalue weighted by Crippen LogP contribution is -2.31. The molecule has 1 aliphatic carbocycles. The van der Waals surface area contributed by atoms with Crippen LogP contribution in [0.2, 0.25) is 5.02 Å². The number of carbonyl (C=O) groups excluding carboxylic acids is 1. The molecule has 0 spiro atoms. The normalized spacial score (nSPS) is 14.9. The number of hydrogen-bond acceptors (Lipinski definition) is 4. The molecule has 2 aromatic carbocycles. The van der Waals surface area contributed by atoms with Crippen LogP contribution in [-0.2, 0) is 16.6 Å². The number of aryl methyl sites for hydroxylation is 1. The van der Waals surface area contributed by atoms with Crippen LogP contribution in [0.25, 0.3) is 0 Å². The third-order valence-corrected chi connectivity index (χ3v) is 7.04. The Labute approximate surface area is 186 Å². The number of carbonyl (C=O) groups is 1. The van der Waals surface area contributed by atoms with Crippen molar-refractivity contribution >= 4 is 27.5 Å². The zero-order valence-electron chi connectivity index (χ0n) is 17.0. The summed E-state index contributed by atoms with van der Waals surface area (Å²) in [5, 5.41) is 3.73. The number of nitrogens with one attached hydrogen (secondary N) is 2. The van der Waals surface area contributed by atoms with Crippen molar-refractivity contribution < 1.29 is 17.6 Å². The molecular formula is C23H23ClN2O4S. The lowest BCUT2D eigenvalue weighted by molar-refractivity contribution is 0.0931. The molecule has 1 amide bonds. The van der Waals surface area contributed by atoms with Gasteiger partial charge in [0.15, 0.2) is 0 Å². The average molecular weight is 459 g/mol. The predicted molar refractivity (Wildman–Crippen MR) is 118 cm³/mol. The lowest BCUT2D eigenvalue weighted by atomic mass is 10.0. The van der Waals surface area contributed by atoms with Gasteiger partial charge in [-0.05, 0) is 73.2 Å². The smallest absolute Gasteiger partial charge is 0.252 e. The van der Waals surface area contributed by atoms with Crippen molar-refractivity contribution in [1.29, 1.82) is 0 Å². The van der Waals surface area contributed by atoms with Gasteiger partial charge in [0, 0.05) is 10.6 Å². The Balaban J connectivity index is 1.54. The van der Waals surface area contributed by atoms with Crippen LogP contribution in [0, 0.1) is 12.8 Å². The number of amides is 1. The maximum atomic E-state index is 13.1. The van der Waals surface area contributed by atoms with Gasteiger partial charge in [0.1, 0.15) is 5.76 Å². The molecule has 0 radical (unpaired) electrons. The van der Waals surface area contributed by atoms with E-state index >= 15 is 0 Å². The monoisotopic (exact) mass is 458 g/mol. The Morgan fingerprint density at radius 3 is 2.55 bits per heavy atom. The number of halogens is 1. The second-order valence-corrected chi connectivity index (χ2v) is 9.92. The first kappa shape index (κ1) is 21.6. The molecule has 1 heterocycles. The van der Waals surface area contributed by atoms with Gasteiger partial charge in [-0.1, -0.05) is 29.8 Å². The van der Waals surface area contributed by atoms with Crippen molar-refractivity contribution in [3.8, 4) is 0 Å². The van der Waals surface area contributed by atoms with Gasteiger partial charge in [0.05, 0.1) is 23.7 Å². The van der Waals surface area contributed by atoms with E-state index in [1.54, 1.807) is 25.1 Å². The molecule has 162 valence electrons. The zero-order valence-corrected chi connectivity index (χ0v) is 18.5. The number of benzene rings is 2. The van der Waals surface area contributed by atoms with Crippen molar-refractivity contribution in [1.82, 2.24) is 10.0 Å². The first-order valence-electron chi connectivity index (χ1n) is 10.0. The topological polar surface area (TPSA) is 88.4 Å². The number of hydrogen-bond donors (Lipinski definition) is 2. The van der Waals surface area contributed by atoms with E-state index in [2.05, 4.69) is 10.0 Å². The van der Waals surface area contributed by atoms with Crippen molar-refractivity contribution in [2.45, 2.75) is 37.2 Å². The van der Waals surface area contributed by atoms with Crippen LogP contribution in [0.1, 0.15) is 46.1 Å². The van der Waals surface area contributed by atoms with Gasteiger partial charge in [0.25, 0.3) is 5.91 Å². The number of rotatable bonds is 8. The van der Waals surface area contributed by atoms with Gasteiger partial charge in [0.2, 0.25) is 10.0 Å². The lowest BCUT2D eigenvalue weighted by Gasteiger charge is -2.20. The van der Waals surface area contributed by atoms with Crippen LogP contribution in [0.15, 0.2) is 70.2 Å². The van der Waals surface area contributed by atoms with E-state index in [0.29, 0.717) is 27.8 Å². The Kier molecular flexibility index (Phi) is 6.18. The molecule has 1 fully saturated rings. The van der Waals surface area contributed by atoms with Crippen LogP contribution < -0.4 is 10.0 Å². The number of furan rings is 1. The third kappa shape index (κ3) is 5.18. The molecule has 6 nitrogen and oxygen atoms in total. The van der Waals surface area contributed by atoms with Crippen molar-refractivity contribution in [3.63, 3.8) is 0 Å². The highest BCUT2D eigenvalue weighted by molar-refractivity contribution is 7.89. The fourth-order valence-corrected chi connectivity index (χ4v) is 4.61. The summed E-state index contributed by atoms with van der Waals surface area (Å²) in [6, 6.07) is 15.2. The van der Waals surface area contributed by atoms with Crippen LogP contribution >= 0.6 is 11.6 Å². The zero-order chi connectivity index (χ0) is 22.0. The summed E-state index contributed by atoms with van der Waals surface area (Å²) in [5.74, 6) is 0.573. The van der Waals surface area contributed by atoms with E-state index in [4.69, 9.17) is 16.0 Å².